The molecule has 0 aliphatic rings. The fourth-order valence-electron chi connectivity index (χ4n) is 5.65. The first-order valence-electron chi connectivity index (χ1n) is 16.9. The first kappa shape index (κ1) is 51.4. The normalized spacial score (nSPS) is 15.6. The predicted octanol–water partition coefficient (Wildman–Crippen LogP) is 3.48. The summed E-state index contributed by atoms with van der Waals surface area (Å²) in [6.07, 6.45) is 10.3. The Bertz CT molecular complexity index is 776. The van der Waals surface area contributed by atoms with Gasteiger partial charge in [0.25, 0.3) is 10.1 Å². The van der Waals surface area contributed by atoms with Gasteiger partial charge < -0.3 is 42.7 Å². The molecule has 0 bridgehead atoms. The van der Waals surface area contributed by atoms with Crippen molar-refractivity contribution >= 4 is 22.1 Å². The van der Waals surface area contributed by atoms with Crippen LogP contribution in [0.1, 0.15) is 119 Å². The molecule has 12 N–H and O–H groups in total. The molecule has 0 aromatic heterocycles. The molecule has 13 nitrogen and oxygen atoms in total. The third-order valence-corrected chi connectivity index (χ3v) is 9.63. The maximum absolute atomic E-state index is 12.8. The zero-order valence-electron chi connectivity index (χ0n) is 29.6. The van der Waals surface area contributed by atoms with Crippen molar-refractivity contribution in [1.82, 2.24) is 0 Å². The molecule has 14 heteroatoms. The van der Waals surface area contributed by atoms with E-state index in [2.05, 4.69) is 27.7 Å². The van der Waals surface area contributed by atoms with Gasteiger partial charge in [-0.05, 0) is 36.5 Å². The smallest absolute Gasteiger partial charge is 0.325 e. The molecule has 5 atom stereocenters. The first-order valence-corrected chi connectivity index (χ1v) is 18.4. The Morgan fingerprint density at radius 2 is 0.957 bits per heavy atom. The fourth-order valence-corrected chi connectivity index (χ4v) is 6.97. The highest BCUT2D eigenvalue weighted by Gasteiger charge is 2.61. The number of aliphatic hydroxyl groups excluding tert-OH is 3. The van der Waals surface area contributed by atoms with Crippen LogP contribution in [0.4, 0.5) is 0 Å². The van der Waals surface area contributed by atoms with E-state index in [1.165, 1.54) is 0 Å². The summed E-state index contributed by atoms with van der Waals surface area (Å²) in [5.41, 5.74) is 12.2. The van der Waals surface area contributed by atoms with Crippen LogP contribution in [0.15, 0.2) is 0 Å². The third kappa shape index (κ3) is 22.2. The standard InChI is InChI=1S/C26H50O7S.3C2H7NO/c1-7-11-13-21(9-3)17-15-19(5)26(25(29)30,23(24(27)28)34(31,32)33)20(6)16-18-22(10-4)14-12-8-2;3*3-1-2-4/h19-23H,7-18H2,1-6H3,(H,27,28)(H,29,30)(H,31,32,33);3*4H,1-3H2. The van der Waals surface area contributed by atoms with Crippen molar-refractivity contribution in [3.8, 4) is 0 Å². The topological polar surface area (TPSA) is 268 Å². The molecule has 0 radical (unpaired) electrons. The summed E-state index contributed by atoms with van der Waals surface area (Å²) in [4.78, 5) is 25.0. The SMILES string of the molecule is CCCCC(CC)CCC(C)C(C(=O)O)(C(C)CCC(CC)CCCC)C(C(=O)O)S(=O)(=O)O.NCCO.NCCO.NCCO. The van der Waals surface area contributed by atoms with E-state index >= 15 is 0 Å². The molecule has 0 aromatic rings. The minimum atomic E-state index is -5.15. The Morgan fingerprint density at radius 1 is 0.652 bits per heavy atom. The number of unbranched alkanes of at least 4 members (excludes halogenated alkanes) is 2. The van der Waals surface area contributed by atoms with Gasteiger partial charge in [-0.1, -0.05) is 106 Å². The van der Waals surface area contributed by atoms with Gasteiger partial charge in [0.05, 0.1) is 19.8 Å². The van der Waals surface area contributed by atoms with Gasteiger partial charge in [0.1, 0.15) is 5.41 Å². The monoisotopic (exact) mass is 689 g/mol. The van der Waals surface area contributed by atoms with E-state index in [0.29, 0.717) is 57.2 Å². The van der Waals surface area contributed by atoms with E-state index in [1.54, 1.807) is 13.8 Å². The highest BCUT2D eigenvalue weighted by atomic mass is 32.2. The summed E-state index contributed by atoms with van der Waals surface area (Å²) < 4.78 is 34.6. The number of hydrogen-bond donors (Lipinski definition) is 9. The Balaban J connectivity index is -0.000000622. The number of nitrogens with two attached hydrogens (primary N) is 3. The number of aliphatic hydroxyl groups is 3. The summed E-state index contributed by atoms with van der Waals surface area (Å²) >= 11 is 0. The molecule has 0 saturated heterocycles. The second kappa shape index (κ2) is 32.2. The minimum absolute atomic E-state index is 0.0972. The Hall–Kier alpha value is -1.39. The van der Waals surface area contributed by atoms with Crippen LogP contribution in [0.3, 0.4) is 0 Å². The molecular formula is C32H71N3O10S. The third-order valence-electron chi connectivity index (χ3n) is 8.45. The molecule has 280 valence electrons. The van der Waals surface area contributed by atoms with Crippen LogP contribution in [0.25, 0.3) is 0 Å². The Kier molecular flexibility index (Phi) is 36.0. The summed E-state index contributed by atoms with van der Waals surface area (Å²) in [7, 11) is -5.15. The van der Waals surface area contributed by atoms with Crippen LogP contribution >= 0.6 is 0 Å². The zero-order chi connectivity index (χ0) is 36.8. The van der Waals surface area contributed by atoms with Gasteiger partial charge in [0.15, 0.2) is 5.25 Å². The van der Waals surface area contributed by atoms with Crippen molar-refractivity contribution in [2.45, 2.75) is 124 Å². The highest BCUT2D eigenvalue weighted by molar-refractivity contribution is 7.87. The van der Waals surface area contributed by atoms with Crippen LogP contribution in [0, 0.1) is 29.1 Å². The van der Waals surface area contributed by atoms with Gasteiger partial charge in [0, 0.05) is 19.6 Å². The van der Waals surface area contributed by atoms with Crippen LogP contribution in [-0.4, -0.2) is 95.1 Å². The summed E-state index contributed by atoms with van der Waals surface area (Å²) in [6, 6.07) is 0. The Morgan fingerprint density at radius 3 is 1.13 bits per heavy atom. The number of hydrogen-bond acceptors (Lipinski definition) is 10. The van der Waals surface area contributed by atoms with Crippen molar-refractivity contribution < 1.29 is 48.1 Å². The molecule has 46 heavy (non-hydrogen) atoms. The highest BCUT2D eigenvalue weighted by Crippen LogP contribution is 2.48. The van der Waals surface area contributed by atoms with Crippen molar-refractivity contribution in [1.29, 1.82) is 0 Å². The van der Waals surface area contributed by atoms with E-state index in [0.717, 1.165) is 51.4 Å². The average molecular weight is 690 g/mol. The lowest BCUT2D eigenvalue weighted by atomic mass is 9.62. The second-order valence-electron chi connectivity index (χ2n) is 11.8. The fraction of sp³-hybridized carbons (Fsp3) is 0.938. The number of carboxylic acid groups (broad SMARTS) is 2. The largest absolute Gasteiger partial charge is 0.481 e. The maximum atomic E-state index is 12.8. The summed E-state index contributed by atoms with van der Waals surface area (Å²) in [6.45, 7) is 13.1. The zero-order valence-corrected chi connectivity index (χ0v) is 30.4. The van der Waals surface area contributed by atoms with Gasteiger partial charge in [-0.15, -0.1) is 0 Å². The predicted molar refractivity (Wildman–Crippen MR) is 185 cm³/mol. The molecular weight excluding hydrogens is 618 g/mol. The van der Waals surface area contributed by atoms with E-state index in [1.807, 2.05) is 0 Å². The van der Waals surface area contributed by atoms with Crippen molar-refractivity contribution in [3.63, 3.8) is 0 Å². The maximum Gasteiger partial charge on any atom is 0.325 e. The lowest BCUT2D eigenvalue weighted by Gasteiger charge is -2.43. The average Bonchev–Trinajstić information content (AvgIpc) is 3.02. The lowest BCUT2D eigenvalue weighted by molar-refractivity contribution is -0.164. The molecule has 0 heterocycles. The Labute approximate surface area is 279 Å². The molecule has 0 rings (SSSR count). The quantitative estimate of drug-likeness (QED) is 0.0696. The van der Waals surface area contributed by atoms with Crippen LogP contribution in [0.5, 0.6) is 0 Å². The van der Waals surface area contributed by atoms with E-state index in [-0.39, 0.29) is 19.8 Å². The molecule has 0 saturated carbocycles. The molecule has 0 aromatic carbocycles. The molecule has 0 fully saturated rings. The molecule has 5 unspecified atom stereocenters. The van der Waals surface area contributed by atoms with Gasteiger partial charge in [-0.2, -0.15) is 8.42 Å². The molecule has 0 aliphatic carbocycles. The van der Waals surface area contributed by atoms with Gasteiger partial charge >= 0.3 is 11.9 Å². The van der Waals surface area contributed by atoms with Gasteiger partial charge in [0.2, 0.25) is 0 Å². The van der Waals surface area contributed by atoms with Crippen LogP contribution in [-0.2, 0) is 19.7 Å². The number of rotatable bonds is 23. The molecule has 0 amide bonds. The number of carbonyl (C=O) groups is 2. The number of aliphatic carboxylic acids is 2. The summed E-state index contributed by atoms with van der Waals surface area (Å²) in [5.74, 6) is -4.00. The van der Waals surface area contributed by atoms with Crippen molar-refractivity contribution in [3.05, 3.63) is 0 Å². The van der Waals surface area contributed by atoms with Crippen molar-refractivity contribution in [2.75, 3.05) is 39.5 Å². The molecule has 0 aliphatic heterocycles. The van der Waals surface area contributed by atoms with Crippen LogP contribution in [0.2, 0.25) is 0 Å². The molecule has 0 spiro atoms. The van der Waals surface area contributed by atoms with Gasteiger partial charge in [-0.25, -0.2) is 0 Å². The number of carboxylic acids is 2. The summed E-state index contributed by atoms with van der Waals surface area (Å²) in [5, 5.41) is 41.1. The van der Waals surface area contributed by atoms with Gasteiger partial charge in [-0.3, -0.25) is 14.1 Å². The second-order valence-corrected chi connectivity index (χ2v) is 13.3. The van der Waals surface area contributed by atoms with E-state index < -0.39 is 44.6 Å². The first-order chi connectivity index (χ1) is 21.6. The minimum Gasteiger partial charge on any atom is -0.481 e. The van der Waals surface area contributed by atoms with Crippen LogP contribution < -0.4 is 17.2 Å². The van der Waals surface area contributed by atoms with E-state index in [4.69, 9.17) is 32.5 Å². The van der Waals surface area contributed by atoms with Crippen molar-refractivity contribution in [2.24, 2.45) is 46.3 Å². The lowest BCUT2D eigenvalue weighted by Crippen LogP contribution is -2.58. The van der Waals surface area contributed by atoms with E-state index in [9.17, 15) is 32.8 Å².